The SMILES string of the molecule is CN(C)C(CN=C(N)N)c1cccc(F)c1.I. The molecule has 1 atom stereocenters. The molecule has 1 unspecified atom stereocenters. The van der Waals surface area contributed by atoms with Gasteiger partial charge in [-0.1, -0.05) is 12.1 Å². The van der Waals surface area contributed by atoms with Crippen LogP contribution >= 0.6 is 24.0 Å². The van der Waals surface area contributed by atoms with Crippen LogP contribution in [0.4, 0.5) is 4.39 Å². The highest BCUT2D eigenvalue weighted by atomic mass is 127. The molecule has 0 amide bonds. The molecule has 0 fully saturated rings. The molecule has 0 aromatic heterocycles. The maximum Gasteiger partial charge on any atom is 0.185 e. The van der Waals surface area contributed by atoms with Crippen LogP contribution in [0.5, 0.6) is 0 Å². The summed E-state index contributed by atoms with van der Waals surface area (Å²) in [7, 11) is 3.80. The Morgan fingerprint density at radius 2 is 2.06 bits per heavy atom. The van der Waals surface area contributed by atoms with E-state index in [1.165, 1.54) is 12.1 Å². The van der Waals surface area contributed by atoms with Gasteiger partial charge in [0, 0.05) is 0 Å². The third-order valence-corrected chi connectivity index (χ3v) is 2.30. The zero-order chi connectivity index (χ0) is 12.1. The molecule has 1 aromatic carbocycles. The molecule has 17 heavy (non-hydrogen) atoms. The Hall–Kier alpha value is -0.890. The van der Waals surface area contributed by atoms with E-state index in [4.69, 9.17) is 11.5 Å². The van der Waals surface area contributed by atoms with Crippen LogP contribution < -0.4 is 11.5 Å². The third kappa shape index (κ3) is 5.31. The van der Waals surface area contributed by atoms with E-state index in [2.05, 4.69) is 4.99 Å². The van der Waals surface area contributed by atoms with Gasteiger partial charge >= 0.3 is 0 Å². The van der Waals surface area contributed by atoms with E-state index >= 15 is 0 Å². The van der Waals surface area contributed by atoms with E-state index < -0.39 is 0 Å². The van der Waals surface area contributed by atoms with E-state index in [0.29, 0.717) is 6.54 Å². The minimum Gasteiger partial charge on any atom is -0.370 e. The molecular weight excluding hydrogens is 334 g/mol. The van der Waals surface area contributed by atoms with Crippen molar-refractivity contribution >= 4 is 29.9 Å². The lowest BCUT2D eigenvalue weighted by molar-refractivity contribution is 0.306. The first-order chi connectivity index (χ1) is 7.50. The van der Waals surface area contributed by atoms with Crippen LogP contribution in [0, 0.1) is 5.82 Å². The molecule has 0 saturated carbocycles. The van der Waals surface area contributed by atoms with Crippen LogP contribution in [-0.4, -0.2) is 31.5 Å². The molecule has 0 aliphatic carbocycles. The topological polar surface area (TPSA) is 67.6 Å². The molecule has 0 aliphatic rings. The highest BCUT2D eigenvalue weighted by Crippen LogP contribution is 2.19. The third-order valence-electron chi connectivity index (χ3n) is 2.30. The number of halogens is 2. The molecule has 0 radical (unpaired) electrons. The molecule has 0 heterocycles. The van der Waals surface area contributed by atoms with Crippen molar-refractivity contribution in [2.24, 2.45) is 16.5 Å². The van der Waals surface area contributed by atoms with Gasteiger partial charge < -0.3 is 16.4 Å². The van der Waals surface area contributed by atoms with Crippen LogP contribution in [-0.2, 0) is 0 Å². The quantitative estimate of drug-likeness (QED) is 0.488. The van der Waals surface area contributed by atoms with Crippen molar-refractivity contribution in [3.63, 3.8) is 0 Å². The largest absolute Gasteiger partial charge is 0.370 e. The first-order valence-corrected chi connectivity index (χ1v) is 4.98. The number of nitrogens with zero attached hydrogens (tertiary/aromatic N) is 2. The number of aliphatic imine (C=N–C) groups is 1. The van der Waals surface area contributed by atoms with Crippen LogP contribution in [0.3, 0.4) is 0 Å². The Labute approximate surface area is 118 Å². The summed E-state index contributed by atoms with van der Waals surface area (Å²) in [6.07, 6.45) is 0. The molecule has 1 rings (SSSR count). The number of hydrogen-bond donors (Lipinski definition) is 2. The Morgan fingerprint density at radius 1 is 1.41 bits per heavy atom. The first-order valence-electron chi connectivity index (χ1n) is 4.98. The Bertz CT molecular complexity index is 377. The van der Waals surface area contributed by atoms with E-state index in [1.54, 1.807) is 6.07 Å². The summed E-state index contributed by atoms with van der Waals surface area (Å²) in [5.74, 6) is -0.211. The molecule has 4 nitrogen and oxygen atoms in total. The van der Waals surface area contributed by atoms with Gasteiger partial charge in [0.25, 0.3) is 0 Å². The van der Waals surface area contributed by atoms with Crippen LogP contribution in [0.15, 0.2) is 29.3 Å². The van der Waals surface area contributed by atoms with Crippen LogP contribution in [0.25, 0.3) is 0 Å². The average molecular weight is 352 g/mol. The molecule has 96 valence electrons. The molecule has 0 aliphatic heterocycles. The second-order valence-electron chi connectivity index (χ2n) is 3.80. The fraction of sp³-hybridized carbons (Fsp3) is 0.364. The van der Waals surface area contributed by atoms with E-state index in [0.717, 1.165) is 5.56 Å². The highest BCUT2D eigenvalue weighted by molar-refractivity contribution is 14.0. The normalized spacial score (nSPS) is 11.8. The van der Waals surface area contributed by atoms with Gasteiger partial charge in [-0.05, 0) is 31.8 Å². The second kappa shape index (κ2) is 7.44. The van der Waals surface area contributed by atoms with Crippen molar-refractivity contribution in [1.82, 2.24) is 4.90 Å². The second-order valence-corrected chi connectivity index (χ2v) is 3.80. The van der Waals surface area contributed by atoms with Gasteiger partial charge in [-0.3, -0.25) is 4.99 Å². The molecule has 4 N–H and O–H groups in total. The Balaban J connectivity index is 0.00000256. The standard InChI is InChI=1S/C11H17FN4.HI/c1-16(2)10(7-15-11(13)14)8-4-3-5-9(12)6-8;/h3-6,10H,7H2,1-2H3,(H4,13,14,15);1H. The molecule has 6 heteroatoms. The van der Waals surface area contributed by atoms with Gasteiger partial charge in [-0.2, -0.15) is 0 Å². The van der Waals surface area contributed by atoms with Crippen molar-refractivity contribution < 1.29 is 4.39 Å². The summed E-state index contributed by atoms with van der Waals surface area (Å²) in [6, 6.07) is 6.41. The molecular formula is C11H18FIN4. The van der Waals surface area contributed by atoms with Crippen LogP contribution in [0.1, 0.15) is 11.6 Å². The number of likely N-dealkylation sites (N-methyl/N-ethyl adjacent to an activating group) is 1. The number of nitrogens with two attached hydrogens (primary N) is 2. The fourth-order valence-corrected chi connectivity index (χ4v) is 1.47. The van der Waals surface area contributed by atoms with Crippen molar-refractivity contribution in [2.45, 2.75) is 6.04 Å². The van der Waals surface area contributed by atoms with Gasteiger partial charge in [0.1, 0.15) is 5.82 Å². The molecule has 0 saturated heterocycles. The summed E-state index contributed by atoms with van der Waals surface area (Å²) in [6.45, 7) is 0.415. The van der Waals surface area contributed by atoms with Crippen molar-refractivity contribution in [1.29, 1.82) is 0 Å². The van der Waals surface area contributed by atoms with Crippen molar-refractivity contribution in [3.8, 4) is 0 Å². The van der Waals surface area contributed by atoms with Crippen molar-refractivity contribution in [2.75, 3.05) is 20.6 Å². The van der Waals surface area contributed by atoms with E-state index in [1.807, 2.05) is 25.1 Å². The predicted molar refractivity (Wildman–Crippen MR) is 78.9 cm³/mol. The van der Waals surface area contributed by atoms with Gasteiger partial charge in [0.2, 0.25) is 0 Å². The Kier molecular flexibility index (Phi) is 7.05. The maximum atomic E-state index is 13.1. The predicted octanol–water partition coefficient (Wildman–Crippen LogP) is 1.32. The fourth-order valence-electron chi connectivity index (χ4n) is 1.47. The Morgan fingerprint density at radius 3 is 2.53 bits per heavy atom. The molecule has 0 bridgehead atoms. The lowest BCUT2D eigenvalue weighted by Gasteiger charge is -2.23. The molecule has 1 aromatic rings. The minimum absolute atomic E-state index is 0. The number of guanidine groups is 1. The van der Waals surface area contributed by atoms with Gasteiger partial charge in [-0.15, -0.1) is 24.0 Å². The van der Waals surface area contributed by atoms with Gasteiger partial charge in [0.05, 0.1) is 12.6 Å². The number of rotatable bonds is 4. The summed E-state index contributed by atoms with van der Waals surface area (Å²) in [5.41, 5.74) is 11.4. The van der Waals surface area contributed by atoms with Gasteiger partial charge in [0.15, 0.2) is 5.96 Å². The average Bonchev–Trinajstić information content (AvgIpc) is 2.17. The number of hydrogen-bond acceptors (Lipinski definition) is 2. The summed E-state index contributed by atoms with van der Waals surface area (Å²) >= 11 is 0. The number of benzene rings is 1. The maximum absolute atomic E-state index is 13.1. The minimum atomic E-state index is -0.256. The van der Waals surface area contributed by atoms with Gasteiger partial charge in [-0.25, -0.2) is 4.39 Å². The lowest BCUT2D eigenvalue weighted by atomic mass is 10.1. The monoisotopic (exact) mass is 352 g/mol. The lowest BCUT2D eigenvalue weighted by Crippen LogP contribution is -2.27. The van der Waals surface area contributed by atoms with Crippen molar-refractivity contribution in [3.05, 3.63) is 35.6 Å². The van der Waals surface area contributed by atoms with E-state index in [-0.39, 0.29) is 41.8 Å². The highest BCUT2D eigenvalue weighted by Gasteiger charge is 2.13. The summed E-state index contributed by atoms with van der Waals surface area (Å²) < 4.78 is 13.1. The first kappa shape index (κ1) is 16.1. The smallest absolute Gasteiger partial charge is 0.185 e. The summed E-state index contributed by atoms with van der Waals surface area (Å²) in [4.78, 5) is 5.91. The summed E-state index contributed by atoms with van der Waals surface area (Å²) in [5, 5.41) is 0. The van der Waals surface area contributed by atoms with Crippen LogP contribution in [0.2, 0.25) is 0 Å². The van der Waals surface area contributed by atoms with E-state index in [9.17, 15) is 4.39 Å². The zero-order valence-electron chi connectivity index (χ0n) is 9.93. The molecule has 0 spiro atoms. The zero-order valence-corrected chi connectivity index (χ0v) is 12.3.